The molecule has 0 saturated heterocycles. The summed E-state index contributed by atoms with van der Waals surface area (Å²) in [5.74, 6) is -0.694. The number of ether oxygens (including phenoxy) is 1. The number of nitrogen functional groups attached to an aromatic ring is 1. The lowest BCUT2D eigenvalue weighted by Crippen LogP contribution is -2.33. The summed E-state index contributed by atoms with van der Waals surface area (Å²) >= 11 is 0. The minimum absolute atomic E-state index is 0.149. The van der Waals surface area contributed by atoms with Gasteiger partial charge in [0, 0.05) is 25.2 Å². The monoisotopic (exact) mass is 441 g/mol. The van der Waals surface area contributed by atoms with Gasteiger partial charge in [-0.05, 0) is 50.9 Å². The average molecular weight is 441 g/mol. The predicted molar refractivity (Wildman–Crippen MR) is 116 cm³/mol. The van der Waals surface area contributed by atoms with E-state index in [1.165, 1.54) is 24.5 Å². The van der Waals surface area contributed by atoms with E-state index in [0.717, 1.165) is 44.1 Å². The van der Waals surface area contributed by atoms with Gasteiger partial charge in [-0.25, -0.2) is 18.7 Å². The Balaban J connectivity index is 1.31. The van der Waals surface area contributed by atoms with Crippen molar-refractivity contribution in [3.8, 4) is 5.75 Å². The van der Waals surface area contributed by atoms with Gasteiger partial charge in [-0.1, -0.05) is 6.08 Å². The Morgan fingerprint density at radius 2 is 2.03 bits per heavy atom. The van der Waals surface area contributed by atoms with Crippen LogP contribution < -0.4 is 10.5 Å². The van der Waals surface area contributed by atoms with Gasteiger partial charge in [0.2, 0.25) is 0 Å². The fourth-order valence-corrected chi connectivity index (χ4v) is 3.87. The van der Waals surface area contributed by atoms with Gasteiger partial charge in [0.05, 0.1) is 17.5 Å². The van der Waals surface area contributed by atoms with Crippen molar-refractivity contribution in [2.75, 3.05) is 31.9 Å². The number of aromatic nitrogens is 2. The molecule has 0 atom stereocenters. The van der Waals surface area contributed by atoms with Crippen LogP contribution in [0.15, 0.2) is 42.4 Å². The maximum absolute atomic E-state index is 13.6. The molecule has 7 nitrogen and oxygen atoms in total. The number of carbonyl (C=O) groups is 1. The molecule has 0 spiro atoms. The molecule has 32 heavy (non-hydrogen) atoms. The number of nitrogens with two attached hydrogens (primary N) is 1. The number of halogens is 2. The summed E-state index contributed by atoms with van der Waals surface area (Å²) in [4.78, 5) is 24.9. The molecule has 0 aliphatic carbocycles. The first-order valence-electron chi connectivity index (χ1n) is 10.6. The zero-order valence-corrected chi connectivity index (χ0v) is 17.9. The maximum atomic E-state index is 13.6. The molecule has 1 amide bonds. The Hall–Kier alpha value is -3.33. The van der Waals surface area contributed by atoms with Crippen LogP contribution >= 0.6 is 0 Å². The molecule has 0 saturated carbocycles. The SMILES string of the molecule is CC1=COc2ccc(F)cc2C(=O)N1CCCCN1CCC=C(c2ncc(F)c(N)n2)C1. The van der Waals surface area contributed by atoms with Crippen LogP contribution in [0.5, 0.6) is 5.75 Å². The summed E-state index contributed by atoms with van der Waals surface area (Å²) < 4.78 is 32.5. The zero-order valence-electron chi connectivity index (χ0n) is 17.9. The van der Waals surface area contributed by atoms with Gasteiger partial charge < -0.3 is 15.4 Å². The third-order valence-corrected chi connectivity index (χ3v) is 5.59. The molecule has 1 aromatic carbocycles. The quantitative estimate of drug-likeness (QED) is 0.690. The van der Waals surface area contributed by atoms with E-state index in [9.17, 15) is 13.6 Å². The molecule has 0 bridgehead atoms. The Morgan fingerprint density at radius 3 is 2.84 bits per heavy atom. The van der Waals surface area contributed by atoms with Gasteiger partial charge in [-0.3, -0.25) is 9.69 Å². The molecule has 0 fully saturated rings. The number of carbonyl (C=O) groups excluding carboxylic acids is 1. The van der Waals surface area contributed by atoms with Gasteiger partial charge in [0.25, 0.3) is 5.91 Å². The molecular weight excluding hydrogens is 416 g/mol. The largest absolute Gasteiger partial charge is 0.462 e. The molecule has 2 aliphatic heterocycles. The van der Waals surface area contributed by atoms with Crippen LogP contribution in [-0.2, 0) is 0 Å². The average Bonchev–Trinajstić information content (AvgIpc) is 2.90. The van der Waals surface area contributed by atoms with Crippen molar-refractivity contribution >= 4 is 17.3 Å². The van der Waals surface area contributed by atoms with Gasteiger partial charge in [0.1, 0.15) is 17.8 Å². The molecule has 2 aromatic rings. The van der Waals surface area contributed by atoms with Crippen molar-refractivity contribution in [3.05, 3.63) is 65.5 Å². The first-order chi connectivity index (χ1) is 15.4. The molecule has 0 unspecified atom stereocenters. The summed E-state index contributed by atoms with van der Waals surface area (Å²) in [5, 5.41) is 0. The minimum atomic E-state index is -0.620. The number of hydrogen-bond acceptors (Lipinski definition) is 6. The van der Waals surface area contributed by atoms with E-state index in [0.29, 0.717) is 30.4 Å². The number of unbranched alkanes of at least 4 members (excludes halogenated alkanes) is 1. The number of allylic oxidation sites excluding steroid dienone is 1. The van der Waals surface area contributed by atoms with Crippen LogP contribution in [0.1, 0.15) is 42.4 Å². The van der Waals surface area contributed by atoms with Crippen LogP contribution in [0.2, 0.25) is 0 Å². The molecule has 3 heterocycles. The third kappa shape index (κ3) is 4.77. The van der Waals surface area contributed by atoms with Crippen LogP contribution in [0.25, 0.3) is 5.57 Å². The number of nitrogens with zero attached hydrogens (tertiary/aromatic N) is 4. The van der Waals surface area contributed by atoms with Crippen molar-refractivity contribution in [2.24, 2.45) is 0 Å². The van der Waals surface area contributed by atoms with Crippen molar-refractivity contribution < 1.29 is 18.3 Å². The van der Waals surface area contributed by atoms with Crippen LogP contribution in [0.3, 0.4) is 0 Å². The molecule has 168 valence electrons. The number of amides is 1. The lowest BCUT2D eigenvalue weighted by atomic mass is 10.1. The van der Waals surface area contributed by atoms with Crippen LogP contribution in [0, 0.1) is 11.6 Å². The van der Waals surface area contributed by atoms with E-state index < -0.39 is 11.6 Å². The van der Waals surface area contributed by atoms with E-state index in [4.69, 9.17) is 10.5 Å². The second kappa shape index (κ2) is 9.44. The van der Waals surface area contributed by atoms with Crippen molar-refractivity contribution in [3.63, 3.8) is 0 Å². The van der Waals surface area contributed by atoms with Gasteiger partial charge in [-0.2, -0.15) is 0 Å². The van der Waals surface area contributed by atoms with Gasteiger partial charge >= 0.3 is 0 Å². The fourth-order valence-electron chi connectivity index (χ4n) is 3.87. The summed E-state index contributed by atoms with van der Waals surface area (Å²) in [6, 6.07) is 3.95. The number of rotatable bonds is 6. The van der Waals surface area contributed by atoms with E-state index in [1.807, 2.05) is 0 Å². The third-order valence-electron chi connectivity index (χ3n) is 5.59. The standard InChI is InChI=1S/C23H25F2N5O2/c1-15-14-32-20-7-6-17(24)11-18(20)23(31)30(15)10-3-2-8-29-9-4-5-16(13-29)22-27-12-19(25)21(26)28-22/h5-7,11-12,14H,2-4,8-10,13H2,1H3,(H2,26,27,28). The molecule has 4 rings (SSSR count). The number of anilines is 1. The lowest BCUT2D eigenvalue weighted by Gasteiger charge is -2.27. The number of benzene rings is 1. The molecular formula is C23H25F2N5O2. The van der Waals surface area contributed by atoms with E-state index in [1.54, 1.807) is 11.8 Å². The number of fused-ring (bicyclic) bond motifs is 1. The zero-order chi connectivity index (χ0) is 22.7. The van der Waals surface area contributed by atoms with Crippen molar-refractivity contribution in [1.29, 1.82) is 0 Å². The van der Waals surface area contributed by atoms with Gasteiger partial charge in [-0.15, -0.1) is 0 Å². The molecule has 2 N–H and O–H groups in total. The highest BCUT2D eigenvalue weighted by Gasteiger charge is 2.25. The summed E-state index contributed by atoms with van der Waals surface area (Å²) in [7, 11) is 0. The fraction of sp³-hybridized carbons (Fsp3) is 0.348. The highest BCUT2D eigenvalue weighted by Crippen LogP contribution is 2.27. The maximum Gasteiger partial charge on any atom is 0.262 e. The highest BCUT2D eigenvalue weighted by atomic mass is 19.1. The second-order valence-electron chi connectivity index (χ2n) is 7.90. The summed E-state index contributed by atoms with van der Waals surface area (Å²) in [5.41, 5.74) is 7.41. The van der Waals surface area contributed by atoms with E-state index in [-0.39, 0.29) is 17.3 Å². The minimum Gasteiger partial charge on any atom is -0.462 e. The Morgan fingerprint density at radius 1 is 1.22 bits per heavy atom. The van der Waals surface area contributed by atoms with Crippen molar-refractivity contribution in [1.82, 2.24) is 19.8 Å². The smallest absolute Gasteiger partial charge is 0.262 e. The molecule has 1 aromatic heterocycles. The summed E-state index contributed by atoms with van der Waals surface area (Å²) in [6.45, 7) is 4.71. The van der Waals surface area contributed by atoms with Gasteiger partial charge in [0.15, 0.2) is 17.5 Å². The number of hydrogen-bond donors (Lipinski definition) is 1. The normalized spacial score (nSPS) is 16.7. The first-order valence-corrected chi connectivity index (χ1v) is 10.6. The molecule has 0 radical (unpaired) electrons. The van der Waals surface area contributed by atoms with Crippen LogP contribution in [0.4, 0.5) is 14.6 Å². The van der Waals surface area contributed by atoms with Crippen LogP contribution in [-0.4, -0.2) is 51.9 Å². The lowest BCUT2D eigenvalue weighted by molar-refractivity contribution is 0.0804. The topological polar surface area (TPSA) is 84.6 Å². The Kier molecular flexibility index (Phi) is 6.45. The highest BCUT2D eigenvalue weighted by molar-refractivity contribution is 5.98. The molecule has 9 heteroatoms. The molecule has 2 aliphatic rings. The van der Waals surface area contributed by atoms with Crippen molar-refractivity contribution in [2.45, 2.75) is 26.2 Å². The Bertz CT molecular complexity index is 1090. The second-order valence-corrected chi connectivity index (χ2v) is 7.90. The first kappa shape index (κ1) is 21.9. The predicted octanol–water partition coefficient (Wildman–Crippen LogP) is 3.60. The van der Waals surface area contributed by atoms with E-state index in [2.05, 4.69) is 20.9 Å². The summed E-state index contributed by atoms with van der Waals surface area (Å²) in [6.07, 6.45) is 7.17. The van der Waals surface area contributed by atoms with E-state index >= 15 is 0 Å². The Labute approximate surface area is 185 Å².